The largest absolute Gasteiger partial charge is 0.384 e. The van der Waals surface area contributed by atoms with Crippen LogP contribution in [0.2, 0.25) is 0 Å². The van der Waals surface area contributed by atoms with Crippen molar-refractivity contribution in [3.8, 4) is 0 Å². The van der Waals surface area contributed by atoms with Gasteiger partial charge in [-0.05, 0) is 22.6 Å². The lowest BCUT2D eigenvalue weighted by Gasteiger charge is -2.23. The first-order chi connectivity index (χ1) is 8.75. The van der Waals surface area contributed by atoms with Crippen molar-refractivity contribution in [2.45, 2.75) is 28.4 Å². The summed E-state index contributed by atoms with van der Waals surface area (Å²) in [6.07, 6.45) is -4.41. The predicted molar refractivity (Wildman–Crippen MR) is 67.3 cm³/mol. The Morgan fingerprint density at radius 2 is 2.21 bits per heavy atom. The van der Waals surface area contributed by atoms with Crippen LogP contribution in [0.1, 0.15) is 6.23 Å². The second kappa shape index (κ2) is 4.94. The van der Waals surface area contributed by atoms with Crippen LogP contribution in [0.5, 0.6) is 0 Å². The molecular formula is C9H10FIN2O6. The number of rotatable bonds is 2. The molecule has 0 aromatic carbocycles. The molecule has 0 amide bonds. The monoisotopic (exact) mass is 388 g/mol. The predicted octanol–water partition coefficient (Wildman–Crippen LogP) is -1.79. The Labute approximate surface area is 118 Å². The van der Waals surface area contributed by atoms with Crippen molar-refractivity contribution in [2.75, 3.05) is 0 Å². The van der Waals surface area contributed by atoms with Gasteiger partial charge in [-0.2, -0.15) is 0 Å². The third kappa shape index (κ3) is 2.45. The molecule has 0 radical (unpaired) electrons. The Morgan fingerprint density at radius 1 is 1.58 bits per heavy atom. The number of aliphatic hydroxyl groups is 3. The number of halogens is 2. The molecule has 1 aromatic rings. The van der Waals surface area contributed by atoms with Gasteiger partial charge in [-0.1, -0.05) is 0 Å². The summed E-state index contributed by atoms with van der Waals surface area (Å²) in [7, 11) is 0. The van der Waals surface area contributed by atoms with Crippen molar-refractivity contribution < 1.29 is 24.4 Å². The normalized spacial score (nSPS) is 36.4. The van der Waals surface area contributed by atoms with Crippen LogP contribution in [0.25, 0.3) is 0 Å². The maximum atomic E-state index is 14.1. The summed E-state index contributed by atoms with van der Waals surface area (Å²) in [5.74, 6) is -3.28. The maximum absolute atomic E-state index is 14.1. The lowest BCUT2D eigenvalue weighted by atomic mass is 10.1. The minimum atomic E-state index is -3.28. The van der Waals surface area contributed by atoms with Gasteiger partial charge in [0.25, 0.3) is 11.4 Å². The molecule has 4 N–H and O–H groups in total. The first-order valence-electron chi connectivity index (χ1n) is 5.13. The van der Waals surface area contributed by atoms with Crippen LogP contribution in [0.3, 0.4) is 0 Å². The second-order valence-corrected chi connectivity index (χ2v) is 5.29. The number of hydrogen-bond acceptors (Lipinski definition) is 6. The smallest absolute Gasteiger partial charge is 0.330 e. The molecule has 106 valence electrons. The van der Waals surface area contributed by atoms with E-state index in [1.165, 1.54) is 22.6 Å². The molecule has 2 heterocycles. The van der Waals surface area contributed by atoms with Gasteiger partial charge in [0.2, 0.25) is 0 Å². The third-order valence-electron chi connectivity index (χ3n) is 2.73. The van der Waals surface area contributed by atoms with Gasteiger partial charge < -0.3 is 20.1 Å². The molecule has 1 fully saturated rings. The number of alkyl halides is 2. The molecule has 2 rings (SSSR count). The Hall–Kier alpha value is -0.820. The van der Waals surface area contributed by atoms with Gasteiger partial charge >= 0.3 is 5.69 Å². The van der Waals surface area contributed by atoms with Crippen LogP contribution in [-0.2, 0) is 4.74 Å². The van der Waals surface area contributed by atoms with Crippen molar-refractivity contribution in [3.05, 3.63) is 33.1 Å². The zero-order valence-corrected chi connectivity index (χ0v) is 11.4. The maximum Gasteiger partial charge on any atom is 0.330 e. The fraction of sp³-hybridized carbons (Fsp3) is 0.556. The summed E-state index contributed by atoms with van der Waals surface area (Å²) in [6.45, 7) is 0. The number of nitrogens with zero attached hydrogens (tertiary/aromatic N) is 1. The molecule has 1 aliphatic heterocycles. The van der Waals surface area contributed by atoms with E-state index in [1.807, 2.05) is 4.98 Å². The standard InChI is InChI=1S/C9H10FIN2O6/c10-9(18)5(15)4(6(11)16)19-7(9)13-2-1-3(14)12-8(13)17/h1-2,4-7,15-16,18H,(H,12,14,17)/t4-,5+,6?,7?,9-/m0/s1. The summed E-state index contributed by atoms with van der Waals surface area (Å²) in [6, 6.07) is 0.932. The third-order valence-corrected chi connectivity index (χ3v) is 3.44. The van der Waals surface area contributed by atoms with Crippen LogP contribution in [0, 0.1) is 0 Å². The number of aliphatic hydroxyl groups excluding tert-OH is 2. The molecule has 1 aliphatic rings. The molecule has 8 nitrogen and oxygen atoms in total. The molecule has 0 bridgehead atoms. The minimum Gasteiger partial charge on any atom is -0.384 e. The topological polar surface area (TPSA) is 125 Å². The molecule has 5 atom stereocenters. The average Bonchev–Trinajstić information content (AvgIpc) is 2.52. The van der Waals surface area contributed by atoms with E-state index >= 15 is 0 Å². The summed E-state index contributed by atoms with van der Waals surface area (Å²) in [4.78, 5) is 24.3. The summed E-state index contributed by atoms with van der Waals surface area (Å²) in [5.41, 5.74) is -1.71. The highest BCUT2D eigenvalue weighted by Gasteiger charge is 2.59. The second-order valence-electron chi connectivity index (χ2n) is 4.02. The van der Waals surface area contributed by atoms with Gasteiger partial charge in [0.1, 0.15) is 16.3 Å². The lowest BCUT2D eigenvalue weighted by molar-refractivity contribution is -0.197. The van der Waals surface area contributed by atoms with Crippen LogP contribution in [0.15, 0.2) is 21.9 Å². The lowest BCUT2D eigenvalue weighted by Crippen LogP contribution is -2.46. The minimum absolute atomic E-state index is 0.587. The quantitative estimate of drug-likeness (QED) is 0.350. The van der Waals surface area contributed by atoms with Gasteiger partial charge in [-0.3, -0.25) is 14.3 Å². The Balaban J connectivity index is 2.45. The van der Waals surface area contributed by atoms with Crippen LogP contribution >= 0.6 is 22.6 Å². The molecule has 10 heteroatoms. The number of nitrogens with one attached hydrogen (secondary N) is 1. The number of ether oxygens (including phenoxy) is 1. The van der Waals surface area contributed by atoms with E-state index in [9.17, 15) is 29.3 Å². The van der Waals surface area contributed by atoms with E-state index in [2.05, 4.69) is 0 Å². The molecule has 1 aromatic heterocycles. The van der Waals surface area contributed by atoms with E-state index in [-0.39, 0.29) is 0 Å². The van der Waals surface area contributed by atoms with Crippen LogP contribution < -0.4 is 11.2 Å². The van der Waals surface area contributed by atoms with E-state index < -0.39 is 39.7 Å². The van der Waals surface area contributed by atoms with Gasteiger partial charge in [0, 0.05) is 12.3 Å². The van der Waals surface area contributed by atoms with Crippen molar-refractivity contribution in [1.29, 1.82) is 0 Å². The van der Waals surface area contributed by atoms with E-state index in [0.29, 0.717) is 4.57 Å². The molecule has 1 saturated heterocycles. The first kappa shape index (κ1) is 14.6. The fourth-order valence-electron chi connectivity index (χ4n) is 1.78. The highest BCUT2D eigenvalue weighted by Crippen LogP contribution is 2.40. The van der Waals surface area contributed by atoms with Crippen LogP contribution in [-0.4, -0.2) is 47.0 Å². The summed E-state index contributed by atoms with van der Waals surface area (Å²) in [5, 5.41) is 28.5. The van der Waals surface area contributed by atoms with Gasteiger partial charge in [0.15, 0.2) is 6.23 Å². The molecule has 0 aliphatic carbocycles. The highest BCUT2D eigenvalue weighted by molar-refractivity contribution is 14.1. The highest BCUT2D eigenvalue weighted by atomic mass is 127. The Morgan fingerprint density at radius 3 is 2.68 bits per heavy atom. The van der Waals surface area contributed by atoms with Crippen molar-refractivity contribution >= 4 is 22.6 Å². The van der Waals surface area contributed by atoms with Gasteiger partial charge in [-0.25, -0.2) is 9.18 Å². The molecule has 19 heavy (non-hydrogen) atoms. The van der Waals surface area contributed by atoms with Crippen molar-refractivity contribution in [1.82, 2.24) is 9.55 Å². The molecule has 0 saturated carbocycles. The molecule has 0 spiro atoms. The average molecular weight is 388 g/mol. The van der Waals surface area contributed by atoms with Crippen molar-refractivity contribution in [3.63, 3.8) is 0 Å². The van der Waals surface area contributed by atoms with E-state index in [1.54, 1.807) is 0 Å². The number of hydrogen-bond donors (Lipinski definition) is 4. The number of H-pyrrole nitrogens is 1. The fourth-order valence-corrected chi connectivity index (χ4v) is 2.35. The number of aromatic amines is 1. The molecular weight excluding hydrogens is 378 g/mol. The van der Waals surface area contributed by atoms with Crippen LogP contribution in [0.4, 0.5) is 4.39 Å². The zero-order valence-electron chi connectivity index (χ0n) is 9.23. The van der Waals surface area contributed by atoms with Gasteiger partial charge in [-0.15, -0.1) is 0 Å². The SMILES string of the molecule is O=c1ccn(C2O[C@H](C(O)I)[C@@H](O)[C@@]2(O)F)c(=O)[nH]1. The Kier molecular flexibility index (Phi) is 3.79. The summed E-state index contributed by atoms with van der Waals surface area (Å²) < 4.78 is 18.3. The van der Waals surface area contributed by atoms with Gasteiger partial charge in [0.05, 0.1) is 0 Å². The molecule has 2 unspecified atom stereocenters. The van der Waals surface area contributed by atoms with E-state index in [4.69, 9.17) is 4.74 Å². The number of aromatic nitrogens is 2. The summed E-state index contributed by atoms with van der Waals surface area (Å²) >= 11 is 1.47. The first-order valence-corrected chi connectivity index (χ1v) is 6.38. The zero-order chi connectivity index (χ0) is 14.4. The Bertz CT molecular complexity index is 585. The van der Waals surface area contributed by atoms with E-state index in [0.717, 1.165) is 12.3 Å². The van der Waals surface area contributed by atoms with Crippen molar-refractivity contribution in [2.24, 2.45) is 0 Å².